The molecule has 0 aliphatic carbocycles. The number of nitrogens with two attached hydrogens (primary N) is 1. The molecule has 2 aromatic rings. The van der Waals surface area contributed by atoms with Gasteiger partial charge < -0.3 is 5.73 Å². The molecule has 0 radical (unpaired) electrons. The average Bonchev–Trinajstić information content (AvgIpc) is 2.62. The number of nitrogen functional groups attached to an aromatic ring is 1. The number of alkyl halides is 3. The van der Waals surface area contributed by atoms with E-state index >= 15 is 0 Å². The van der Waals surface area contributed by atoms with E-state index in [-0.39, 0.29) is 17.9 Å². The van der Waals surface area contributed by atoms with Crippen molar-refractivity contribution in [1.29, 1.82) is 0 Å². The van der Waals surface area contributed by atoms with Crippen LogP contribution in [0.25, 0.3) is 0 Å². The monoisotopic (exact) mass is 337 g/mol. The lowest BCUT2D eigenvalue weighted by atomic mass is 10.1. The number of aromatic nitrogens is 2. The minimum absolute atomic E-state index is 0.0286. The van der Waals surface area contributed by atoms with Gasteiger partial charge >= 0.3 is 6.18 Å². The van der Waals surface area contributed by atoms with Crippen molar-refractivity contribution in [2.75, 3.05) is 5.73 Å². The van der Waals surface area contributed by atoms with Gasteiger partial charge in [-0.25, -0.2) is 9.07 Å². The lowest BCUT2D eigenvalue weighted by Gasteiger charge is -2.10. The number of rotatable bonds is 2. The third-order valence-electron chi connectivity index (χ3n) is 2.50. The van der Waals surface area contributed by atoms with Crippen molar-refractivity contribution in [3.8, 4) is 0 Å². The Balaban J connectivity index is 2.34. The Kier molecular flexibility index (Phi) is 3.53. The maximum atomic E-state index is 13.1. The molecule has 2 rings (SSSR count). The average molecular weight is 338 g/mol. The van der Waals surface area contributed by atoms with Gasteiger partial charge in [0.05, 0.1) is 22.8 Å². The number of hydrogen-bond acceptors (Lipinski definition) is 2. The summed E-state index contributed by atoms with van der Waals surface area (Å²) in [6.07, 6.45) is -3.29. The molecule has 1 heterocycles. The highest BCUT2D eigenvalue weighted by molar-refractivity contribution is 9.10. The van der Waals surface area contributed by atoms with Crippen LogP contribution in [0.3, 0.4) is 0 Å². The Morgan fingerprint density at radius 3 is 2.53 bits per heavy atom. The van der Waals surface area contributed by atoms with E-state index in [1.807, 2.05) is 0 Å². The van der Waals surface area contributed by atoms with Crippen molar-refractivity contribution < 1.29 is 17.6 Å². The van der Waals surface area contributed by atoms with E-state index < -0.39 is 17.6 Å². The molecule has 3 nitrogen and oxygen atoms in total. The second-order valence-electron chi connectivity index (χ2n) is 3.85. The minimum Gasteiger partial charge on any atom is -0.383 e. The molecule has 8 heteroatoms. The summed E-state index contributed by atoms with van der Waals surface area (Å²) in [5, 5.41) is 3.89. The summed E-state index contributed by atoms with van der Waals surface area (Å²) >= 11 is 3.14. The first-order valence-corrected chi connectivity index (χ1v) is 5.90. The first-order chi connectivity index (χ1) is 8.79. The number of halogens is 5. The molecule has 0 saturated heterocycles. The van der Waals surface area contributed by atoms with Crippen LogP contribution in [0.15, 0.2) is 28.9 Å². The van der Waals surface area contributed by atoms with E-state index in [0.717, 1.165) is 12.1 Å². The van der Waals surface area contributed by atoms with Crippen LogP contribution >= 0.6 is 15.9 Å². The number of anilines is 1. The van der Waals surface area contributed by atoms with Crippen molar-refractivity contribution in [2.45, 2.75) is 12.7 Å². The predicted octanol–water partition coefficient (Wildman–Crippen LogP) is 3.43. The lowest BCUT2D eigenvalue weighted by molar-refractivity contribution is -0.140. The molecule has 19 heavy (non-hydrogen) atoms. The van der Waals surface area contributed by atoms with Crippen LogP contribution in [0.2, 0.25) is 0 Å². The van der Waals surface area contributed by atoms with Crippen molar-refractivity contribution >= 4 is 21.7 Å². The molecule has 0 atom stereocenters. The highest BCUT2D eigenvalue weighted by Gasteiger charge is 2.34. The number of benzene rings is 1. The fraction of sp³-hybridized carbons (Fsp3) is 0.182. The van der Waals surface area contributed by atoms with Gasteiger partial charge in [0.2, 0.25) is 0 Å². The summed E-state index contributed by atoms with van der Waals surface area (Å²) in [6, 6.07) is 2.80. The van der Waals surface area contributed by atoms with E-state index in [1.165, 1.54) is 16.9 Å². The van der Waals surface area contributed by atoms with Crippen LogP contribution in [-0.4, -0.2) is 9.78 Å². The molecule has 0 unspecified atom stereocenters. The molecular formula is C11H8BrF4N3. The largest absolute Gasteiger partial charge is 0.419 e. The standard InChI is InChI=1S/C11H8BrF4N3/c12-8-4-18-19(10(8)17)5-6-1-2-9(13)7(3-6)11(14,15)16/h1-4H,5,17H2. The molecule has 2 N–H and O–H groups in total. The van der Waals surface area contributed by atoms with Crippen LogP contribution in [0.4, 0.5) is 23.4 Å². The maximum Gasteiger partial charge on any atom is 0.419 e. The summed E-state index contributed by atoms with van der Waals surface area (Å²) in [4.78, 5) is 0. The third-order valence-corrected chi connectivity index (χ3v) is 3.11. The van der Waals surface area contributed by atoms with Crippen LogP contribution in [-0.2, 0) is 12.7 Å². The van der Waals surface area contributed by atoms with E-state index in [1.54, 1.807) is 0 Å². The molecule has 0 aliphatic rings. The molecule has 1 aromatic heterocycles. The molecule has 0 amide bonds. The van der Waals surface area contributed by atoms with Gasteiger partial charge in [0.25, 0.3) is 0 Å². The van der Waals surface area contributed by atoms with E-state index in [2.05, 4.69) is 21.0 Å². The molecular weight excluding hydrogens is 330 g/mol. The van der Waals surface area contributed by atoms with Gasteiger partial charge in [-0.1, -0.05) is 6.07 Å². The first-order valence-electron chi connectivity index (χ1n) is 5.11. The predicted molar refractivity (Wildman–Crippen MR) is 64.8 cm³/mol. The van der Waals surface area contributed by atoms with E-state index in [4.69, 9.17) is 5.73 Å². The summed E-state index contributed by atoms with van der Waals surface area (Å²) in [7, 11) is 0. The lowest BCUT2D eigenvalue weighted by Crippen LogP contribution is -2.11. The van der Waals surface area contributed by atoms with Crippen LogP contribution in [0.5, 0.6) is 0 Å². The van der Waals surface area contributed by atoms with Crippen molar-refractivity contribution in [3.05, 3.63) is 45.8 Å². The van der Waals surface area contributed by atoms with Crippen LogP contribution in [0, 0.1) is 5.82 Å². The SMILES string of the molecule is Nc1c(Br)cnn1Cc1ccc(F)c(C(F)(F)F)c1. The van der Waals surface area contributed by atoms with E-state index in [0.29, 0.717) is 4.47 Å². The molecule has 1 aromatic carbocycles. The van der Waals surface area contributed by atoms with Crippen LogP contribution in [0.1, 0.15) is 11.1 Å². The second-order valence-corrected chi connectivity index (χ2v) is 4.70. The Morgan fingerprint density at radius 1 is 1.32 bits per heavy atom. The molecule has 0 saturated carbocycles. The highest BCUT2D eigenvalue weighted by Crippen LogP contribution is 2.32. The van der Waals surface area contributed by atoms with Crippen molar-refractivity contribution in [3.63, 3.8) is 0 Å². The summed E-state index contributed by atoms with van der Waals surface area (Å²) in [5.41, 5.74) is 4.63. The van der Waals surface area contributed by atoms with Gasteiger partial charge in [-0.3, -0.25) is 0 Å². The number of nitrogens with zero attached hydrogens (tertiary/aromatic N) is 2. The Labute approximate surface area is 114 Å². The Hall–Kier alpha value is -1.57. The summed E-state index contributed by atoms with van der Waals surface area (Å²) < 4.78 is 52.6. The minimum atomic E-state index is -4.73. The van der Waals surface area contributed by atoms with Gasteiger partial charge in [-0.15, -0.1) is 0 Å². The van der Waals surface area contributed by atoms with Crippen molar-refractivity contribution in [1.82, 2.24) is 9.78 Å². The zero-order valence-electron chi connectivity index (χ0n) is 9.38. The Morgan fingerprint density at radius 2 is 2.00 bits per heavy atom. The van der Waals surface area contributed by atoms with Crippen molar-refractivity contribution in [2.24, 2.45) is 0 Å². The van der Waals surface area contributed by atoms with Gasteiger partial charge in [0, 0.05) is 0 Å². The molecule has 0 bridgehead atoms. The highest BCUT2D eigenvalue weighted by atomic mass is 79.9. The number of hydrogen-bond donors (Lipinski definition) is 1. The van der Waals surface area contributed by atoms with Gasteiger partial charge in [-0.05, 0) is 33.6 Å². The topological polar surface area (TPSA) is 43.8 Å². The fourth-order valence-corrected chi connectivity index (χ4v) is 1.86. The molecule has 102 valence electrons. The molecule has 0 aliphatic heterocycles. The van der Waals surface area contributed by atoms with Gasteiger partial charge in [-0.2, -0.15) is 18.3 Å². The summed E-state index contributed by atoms with van der Waals surface area (Å²) in [5.74, 6) is -1.01. The third kappa shape index (κ3) is 2.89. The second kappa shape index (κ2) is 4.84. The maximum absolute atomic E-state index is 13.1. The Bertz CT molecular complexity index is 606. The molecule has 0 spiro atoms. The van der Waals surface area contributed by atoms with Crippen LogP contribution < -0.4 is 5.73 Å². The van der Waals surface area contributed by atoms with Gasteiger partial charge in [0.1, 0.15) is 11.6 Å². The molecule has 0 fully saturated rings. The zero-order chi connectivity index (χ0) is 14.2. The summed E-state index contributed by atoms with van der Waals surface area (Å²) in [6.45, 7) is 0.0286. The normalized spacial score (nSPS) is 11.8. The van der Waals surface area contributed by atoms with E-state index in [9.17, 15) is 17.6 Å². The zero-order valence-corrected chi connectivity index (χ0v) is 11.0. The first kappa shape index (κ1) is 13.9. The smallest absolute Gasteiger partial charge is 0.383 e. The quantitative estimate of drug-likeness (QED) is 0.853. The van der Waals surface area contributed by atoms with Gasteiger partial charge in [0.15, 0.2) is 0 Å². The fourth-order valence-electron chi connectivity index (χ4n) is 1.56.